The molecule has 0 bridgehead atoms. The van der Waals surface area contributed by atoms with E-state index in [-0.39, 0.29) is 10.6 Å². The molecule has 3 heterocycles. The molecule has 1 aliphatic heterocycles. The maximum Gasteiger partial charge on any atom is 0.285 e. The Labute approximate surface area is 138 Å². The third-order valence-corrected chi connectivity index (χ3v) is 5.18. The van der Waals surface area contributed by atoms with Gasteiger partial charge in [0.25, 0.3) is 5.56 Å². The highest BCUT2D eigenvalue weighted by Gasteiger charge is 2.20. The molecule has 0 aliphatic carbocycles. The number of halogens is 1. The molecule has 1 aliphatic rings. The van der Waals surface area contributed by atoms with Crippen molar-refractivity contribution >= 4 is 28.6 Å². The first-order valence-corrected chi connectivity index (χ1v) is 8.70. The maximum absolute atomic E-state index is 11.4. The van der Waals surface area contributed by atoms with Crippen LogP contribution in [0.4, 0.5) is 5.69 Å². The average Bonchev–Trinajstić information content (AvgIpc) is 3.02. The van der Waals surface area contributed by atoms with Crippen molar-refractivity contribution in [2.24, 2.45) is 5.92 Å². The number of hydrogen-bond donors (Lipinski definition) is 2. The van der Waals surface area contributed by atoms with Crippen LogP contribution in [0.5, 0.6) is 0 Å². The summed E-state index contributed by atoms with van der Waals surface area (Å²) in [5.41, 5.74) is 0.260. The molecule has 1 atom stereocenters. The van der Waals surface area contributed by atoms with Crippen LogP contribution in [0.3, 0.4) is 0 Å². The van der Waals surface area contributed by atoms with Gasteiger partial charge in [-0.3, -0.25) is 9.69 Å². The van der Waals surface area contributed by atoms with Gasteiger partial charge in [0.05, 0.1) is 11.9 Å². The number of hydrogen-bond acceptors (Lipinski definition) is 5. The highest BCUT2D eigenvalue weighted by molar-refractivity contribution is 7.09. The molecule has 0 saturated carbocycles. The standard InChI is InChI=1S/C15H19ClN4OS/c16-14-13(8-18-19-15(14)21)17-7-11-3-1-5-20(9-11)10-12-4-2-6-22-12/h2,4,6,8,11H,1,3,5,7,9-10H2,(H2,17,19,21). The molecule has 0 radical (unpaired) electrons. The quantitative estimate of drug-likeness (QED) is 0.880. The van der Waals surface area contributed by atoms with Gasteiger partial charge < -0.3 is 5.32 Å². The number of rotatable bonds is 5. The molecule has 1 unspecified atom stereocenters. The van der Waals surface area contributed by atoms with Crippen LogP contribution >= 0.6 is 22.9 Å². The summed E-state index contributed by atoms with van der Waals surface area (Å²) in [4.78, 5) is 15.3. The van der Waals surface area contributed by atoms with E-state index in [2.05, 4.69) is 37.9 Å². The van der Waals surface area contributed by atoms with E-state index in [9.17, 15) is 4.79 Å². The van der Waals surface area contributed by atoms with Crippen molar-refractivity contribution in [3.63, 3.8) is 0 Å². The van der Waals surface area contributed by atoms with E-state index in [4.69, 9.17) is 11.6 Å². The first-order chi connectivity index (χ1) is 10.7. The van der Waals surface area contributed by atoms with Gasteiger partial charge in [0, 0.05) is 24.5 Å². The van der Waals surface area contributed by atoms with Crippen LogP contribution < -0.4 is 10.9 Å². The monoisotopic (exact) mass is 338 g/mol. The molecule has 0 spiro atoms. The Bertz CT molecular complexity index is 658. The number of nitrogens with one attached hydrogen (secondary N) is 2. The Kier molecular flexibility index (Phi) is 5.12. The molecule has 7 heteroatoms. The molecule has 0 amide bonds. The van der Waals surface area contributed by atoms with Crippen LogP contribution in [0.1, 0.15) is 17.7 Å². The summed E-state index contributed by atoms with van der Waals surface area (Å²) in [7, 11) is 0. The first kappa shape index (κ1) is 15.5. The Morgan fingerprint density at radius 1 is 1.55 bits per heavy atom. The van der Waals surface area contributed by atoms with Gasteiger partial charge in [0.15, 0.2) is 0 Å². The zero-order valence-electron chi connectivity index (χ0n) is 12.2. The van der Waals surface area contributed by atoms with Crippen molar-refractivity contribution in [3.05, 3.63) is 44.0 Å². The molecule has 2 aromatic heterocycles. The molecule has 5 nitrogen and oxygen atoms in total. The summed E-state index contributed by atoms with van der Waals surface area (Å²) in [6.45, 7) is 4.06. The summed E-state index contributed by atoms with van der Waals surface area (Å²) >= 11 is 7.79. The molecule has 118 valence electrons. The van der Waals surface area contributed by atoms with Gasteiger partial charge in [0.1, 0.15) is 5.02 Å². The minimum Gasteiger partial charge on any atom is -0.382 e. The molecular weight excluding hydrogens is 320 g/mol. The lowest BCUT2D eigenvalue weighted by Crippen LogP contribution is -2.37. The number of aromatic amines is 1. The second kappa shape index (κ2) is 7.26. The number of nitrogens with zero attached hydrogens (tertiary/aromatic N) is 2. The fraction of sp³-hybridized carbons (Fsp3) is 0.467. The van der Waals surface area contributed by atoms with Crippen molar-refractivity contribution in [2.45, 2.75) is 19.4 Å². The van der Waals surface area contributed by atoms with Crippen LogP contribution in [0.15, 0.2) is 28.5 Å². The van der Waals surface area contributed by atoms with E-state index in [1.165, 1.54) is 17.7 Å². The predicted octanol–water partition coefficient (Wildman–Crippen LogP) is 2.81. The fourth-order valence-electron chi connectivity index (χ4n) is 2.85. The van der Waals surface area contributed by atoms with E-state index >= 15 is 0 Å². The zero-order valence-corrected chi connectivity index (χ0v) is 13.8. The highest BCUT2D eigenvalue weighted by atomic mass is 35.5. The van der Waals surface area contributed by atoms with Crippen molar-refractivity contribution in [1.82, 2.24) is 15.1 Å². The van der Waals surface area contributed by atoms with Gasteiger partial charge in [-0.15, -0.1) is 11.3 Å². The lowest BCUT2D eigenvalue weighted by atomic mass is 9.98. The number of thiophene rings is 1. The molecule has 0 aromatic carbocycles. The molecule has 2 aromatic rings. The van der Waals surface area contributed by atoms with Gasteiger partial charge >= 0.3 is 0 Å². The van der Waals surface area contributed by atoms with Crippen LogP contribution in [-0.2, 0) is 6.54 Å². The Morgan fingerprint density at radius 3 is 3.27 bits per heavy atom. The molecule has 1 saturated heterocycles. The minimum atomic E-state index is -0.352. The molecular formula is C15H19ClN4OS. The Morgan fingerprint density at radius 2 is 2.45 bits per heavy atom. The number of anilines is 1. The minimum absolute atomic E-state index is 0.182. The largest absolute Gasteiger partial charge is 0.382 e. The van der Waals surface area contributed by atoms with Crippen molar-refractivity contribution < 1.29 is 0 Å². The summed E-state index contributed by atoms with van der Waals surface area (Å²) < 4.78 is 0. The SMILES string of the molecule is O=c1[nH]ncc(NCC2CCCN(Cc3cccs3)C2)c1Cl. The van der Waals surface area contributed by atoms with Gasteiger partial charge in [-0.2, -0.15) is 5.10 Å². The van der Waals surface area contributed by atoms with E-state index in [1.807, 2.05) is 11.3 Å². The molecule has 2 N–H and O–H groups in total. The second-order valence-corrected chi connectivity index (χ2v) is 7.04. The fourth-order valence-corrected chi connectivity index (χ4v) is 3.75. The van der Waals surface area contributed by atoms with E-state index in [0.717, 1.165) is 26.2 Å². The van der Waals surface area contributed by atoms with Gasteiger partial charge in [0.2, 0.25) is 0 Å². The molecule has 1 fully saturated rings. The first-order valence-electron chi connectivity index (χ1n) is 7.44. The number of piperidine rings is 1. The zero-order chi connectivity index (χ0) is 15.4. The van der Waals surface area contributed by atoms with E-state index < -0.39 is 0 Å². The van der Waals surface area contributed by atoms with E-state index in [1.54, 1.807) is 6.20 Å². The summed E-state index contributed by atoms with van der Waals surface area (Å²) in [6.07, 6.45) is 3.97. The smallest absolute Gasteiger partial charge is 0.285 e. The Balaban J connectivity index is 1.54. The van der Waals surface area contributed by atoms with Crippen LogP contribution in [0.25, 0.3) is 0 Å². The molecule has 3 rings (SSSR count). The summed E-state index contributed by atoms with van der Waals surface area (Å²) in [5, 5.41) is 11.7. The number of aromatic nitrogens is 2. The van der Waals surface area contributed by atoms with E-state index in [0.29, 0.717) is 11.6 Å². The lowest BCUT2D eigenvalue weighted by molar-refractivity contribution is 0.174. The van der Waals surface area contributed by atoms with Crippen molar-refractivity contribution in [1.29, 1.82) is 0 Å². The predicted molar refractivity (Wildman–Crippen MR) is 90.7 cm³/mol. The number of likely N-dealkylation sites (tertiary alicyclic amines) is 1. The number of H-pyrrole nitrogens is 1. The van der Waals surface area contributed by atoms with Crippen molar-refractivity contribution in [3.8, 4) is 0 Å². The third kappa shape index (κ3) is 3.88. The van der Waals surface area contributed by atoms with Crippen molar-refractivity contribution in [2.75, 3.05) is 25.0 Å². The topological polar surface area (TPSA) is 61.0 Å². The molecule has 22 heavy (non-hydrogen) atoms. The summed E-state index contributed by atoms with van der Waals surface area (Å²) in [5.74, 6) is 0.559. The lowest BCUT2D eigenvalue weighted by Gasteiger charge is -2.32. The van der Waals surface area contributed by atoms with Crippen LogP contribution in [-0.4, -0.2) is 34.7 Å². The van der Waals surface area contributed by atoms with Gasteiger partial charge in [-0.1, -0.05) is 17.7 Å². The second-order valence-electron chi connectivity index (χ2n) is 5.63. The average molecular weight is 339 g/mol. The van der Waals surface area contributed by atoms with Crippen LogP contribution in [0.2, 0.25) is 5.02 Å². The van der Waals surface area contributed by atoms with Crippen LogP contribution in [0, 0.1) is 5.92 Å². The van der Waals surface area contributed by atoms with Gasteiger partial charge in [-0.25, -0.2) is 5.10 Å². The maximum atomic E-state index is 11.4. The normalized spacial score (nSPS) is 19.2. The van der Waals surface area contributed by atoms with Gasteiger partial charge in [-0.05, 0) is 36.8 Å². The Hall–Kier alpha value is -1.37. The highest BCUT2D eigenvalue weighted by Crippen LogP contribution is 2.22. The third-order valence-electron chi connectivity index (χ3n) is 3.94. The summed E-state index contributed by atoms with van der Waals surface area (Å²) in [6, 6.07) is 4.29.